The first-order valence-electron chi connectivity index (χ1n) is 6.30. The largest absolute Gasteiger partial charge is 0.465 e. The highest BCUT2D eigenvalue weighted by Crippen LogP contribution is 2.24. The Balaban J connectivity index is 2.14. The molecule has 1 atom stereocenters. The van der Waals surface area contributed by atoms with E-state index >= 15 is 0 Å². The highest BCUT2D eigenvalue weighted by Gasteiger charge is 2.16. The average Bonchev–Trinajstić information content (AvgIpc) is 2.42. The average molecular weight is 246 g/mol. The van der Waals surface area contributed by atoms with Crippen molar-refractivity contribution in [2.75, 3.05) is 6.61 Å². The summed E-state index contributed by atoms with van der Waals surface area (Å²) in [6.07, 6.45) is 6.32. The van der Waals surface area contributed by atoms with E-state index < -0.39 is 0 Å². The lowest BCUT2D eigenvalue weighted by Crippen LogP contribution is -2.25. The first-order valence-corrected chi connectivity index (χ1v) is 6.30. The molecule has 1 aliphatic heterocycles. The Hall–Kier alpha value is -1.61. The van der Waals surface area contributed by atoms with Gasteiger partial charge in [0, 0.05) is 12.0 Å². The van der Waals surface area contributed by atoms with E-state index in [2.05, 4.69) is 6.58 Å². The third kappa shape index (κ3) is 3.20. The van der Waals surface area contributed by atoms with Crippen LogP contribution in [0.3, 0.4) is 0 Å². The monoisotopic (exact) mass is 246 g/mol. The zero-order chi connectivity index (χ0) is 12.8. The van der Waals surface area contributed by atoms with E-state index in [9.17, 15) is 4.79 Å². The van der Waals surface area contributed by atoms with Crippen LogP contribution in [-0.2, 0) is 11.2 Å². The Morgan fingerprint density at radius 1 is 1.44 bits per heavy atom. The predicted molar refractivity (Wildman–Crippen MR) is 69.9 cm³/mol. The van der Waals surface area contributed by atoms with E-state index in [1.54, 1.807) is 12.1 Å². The molecule has 1 saturated heterocycles. The van der Waals surface area contributed by atoms with Crippen molar-refractivity contribution in [3.05, 3.63) is 42.0 Å². The van der Waals surface area contributed by atoms with Crippen molar-refractivity contribution in [1.82, 2.24) is 0 Å². The van der Waals surface area contributed by atoms with Crippen LogP contribution >= 0.6 is 0 Å². The molecule has 0 spiro atoms. The van der Waals surface area contributed by atoms with Gasteiger partial charge in [0.2, 0.25) is 0 Å². The number of carbonyl (C=O) groups excluding carboxylic acids is 1. The molecule has 1 aromatic rings. The van der Waals surface area contributed by atoms with Crippen LogP contribution in [0.1, 0.15) is 35.2 Å². The van der Waals surface area contributed by atoms with E-state index in [1.807, 2.05) is 12.1 Å². The second kappa shape index (κ2) is 6.36. The van der Waals surface area contributed by atoms with Crippen LogP contribution < -0.4 is 4.74 Å². The molecule has 96 valence electrons. The van der Waals surface area contributed by atoms with Crippen LogP contribution in [0.5, 0.6) is 5.75 Å². The maximum absolute atomic E-state index is 10.8. The zero-order valence-corrected chi connectivity index (χ0v) is 10.4. The smallest absolute Gasteiger partial charge is 0.199 e. The van der Waals surface area contributed by atoms with Gasteiger partial charge < -0.3 is 9.47 Å². The quantitative estimate of drug-likeness (QED) is 0.591. The minimum absolute atomic E-state index is 0.163. The number of rotatable bonds is 5. The molecule has 0 saturated carbocycles. The lowest BCUT2D eigenvalue weighted by molar-refractivity contribution is -0.106. The molecule has 1 unspecified atom stereocenters. The Labute approximate surface area is 107 Å². The highest BCUT2D eigenvalue weighted by molar-refractivity contribution is 5.75. The van der Waals surface area contributed by atoms with Crippen LogP contribution in [0.25, 0.3) is 0 Å². The van der Waals surface area contributed by atoms with Crippen molar-refractivity contribution in [2.45, 2.75) is 32.0 Å². The second-order valence-electron chi connectivity index (χ2n) is 4.39. The summed E-state index contributed by atoms with van der Waals surface area (Å²) in [7, 11) is 0. The summed E-state index contributed by atoms with van der Waals surface area (Å²) in [6, 6.07) is 5.44. The molecule has 3 nitrogen and oxygen atoms in total. The van der Waals surface area contributed by atoms with E-state index in [1.165, 1.54) is 0 Å². The number of allylic oxidation sites excluding steroid dienone is 1. The lowest BCUT2D eigenvalue weighted by atomic mass is 10.1. The van der Waals surface area contributed by atoms with Gasteiger partial charge in [-0.25, -0.2) is 0 Å². The van der Waals surface area contributed by atoms with Gasteiger partial charge in [0.15, 0.2) is 6.29 Å². The summed E-state index contributed by atoms with van der Waals surface area (Å²) in [5, 5.41) is 0. The van der Waals surface area contributed by atoms with Gasteiger partial charge in [0.1, 0.15) is 12.0 Å². The van der Waals surface area contributed by atoms with Gasteiger partial charge in [-0.2, -0.15) is 0 Å². The van der Waals surface area contributed by atoms with Crippen LogP contribution in [0.4, 0.5) is 0 Å². The van der Waals surface area contributed by atoms with Crippen molar-refractivity contribution in [2.24, 2.45) is 0 Å². The Bertz CT molecular complexity index is 420. The molecule has 2 rings (SSSR count). The molecule has 3 heteroatoms. The summed E-state index contributed by atoms with van der Waals surface area (Å²) in [5.41, 5.74) is 1.63. The SMILES string of the molecule is C=CCc1cc(C=O)ccc1OC1CCCCO1. The Kier molecular flexibility index (Phi) is 4.53. The molecule has 1 aliphatic rings. The van der Waals surface area contributed by atoms with E-state index in [0.29, 0.717) is 12.0 Å². The summed E-state index contributed by atoms with van der Waals surface area (Å²) < 4.78 is 11.4. The van der Waals surface area contributed by atoms with Crippen molar-refractivity contribution in [3.63, 3.8) is 0 Å². The minimum Gasteiger partial charge on any atom is -0.465 e. The summed E-state index contributed by atoms with van der Waals surface area (Å²) >= 11 is 0. The molecule has 0 aliphatic carbocycles. The number of hydrogen-bond acceptors (Lipinski definition) is 3. The minimum atomic E-state index is -0.163. The third-order valence-electron chi connectivity index (χ3n) is 2.98. The number of aldehydes is 1. The van der Waals surface area contributed by atoms with Gasteiger partial charge >= 0.3 is 0 Å². The molecule has 0 aromatic heterocycles. The van der Waals surface area contributed by atoms with Crippen molar-refractivity contribution < 1.29 is 14.3 Å². The number of benzene rings is 1. The molecule has 0 N–H and O–H groups in total. The van der Waals surface area contributed by atoms with E-state index in [4.69, 9.17) is 9.47 Å². The maximum Gasteiger partial charge on any atom is 0.199 e. The van der Waals surface area contributed by atoms with Gasteiger partial charge in [-0.05, 0) is 43.0 Å². The standard InChI is InChI=1S/C15H18O3/c1-2-5-13-10-12(11-16)7-8-14(13)18-15-6-3-4-9-17-15/h2,7-8,10-11,15H,1,3-6,9H2. The molecular weight excluding hydrogens is 228 g/mol. The molecule has 0 radical (unpaired) electrons. The van der Waals surface area contributed by atoms with Crippen LogP contribution in [0.2, 0.25) is 0 Å². The van der Waals surface area contributed by atoms with Gasteiger partial charge in [0.25, 0.3) is 0 Å². The first kappa shape index (κ1) is 12.8. The molecule has 18 heavy (non-hydrogen) atoms. The Morgan fingerprint density at radius 2 is 2.33 bits per heavy atom. The predicted octanol–water partition coefficient (Wildman–Crippen LogP) is 3.13. The molecule has 1 aromatic carbocycles. The molecule has 0 bridgehead atoms. The van der Waals surface area contributed by atoms with Gasteiger partial charge in [-0.1, -0.05) is 6.08 Å². The first-order chi connectivity index (χ1) is 8.83. The van der Waals surface area contributed by atoms with Crippen molar-refractivity contribution in [1.29, 1.82) is 0 Å². The van der Waals surface area contributed by atoms with Crippen molar-refractivity contribution >= 4 is 6.29 Å². The molecule has 0 amide bonds. The normalized spacial score (nSPS) is 19.2. The van der Waals surface area contributed by atoms with Gasteiger partial charge in [-0.15, -0.1) is 6.58 Å². The van der Waals surface area contributed by atoms with Gasteiger partial charge in [-0.3, -0.25) is 4.79 Å². The van der Waals surface area contributed by atoms with Crippen molar-refractivity contribution in [3.8, 4) is 5.75 Å². The third-order valence-corrected chi connectivity index (χ3v) is 2.98. The fraction of sp³-hybridized carbons (Fsp3) is 0.400. The van der Waals surface area contributed by atoms with E-state index in [-0.39, 0.29) is 6.29 Å². The zero-order valence-electron chi connectivity index (χ0n) is 10.4. The summed E-state index contributed by atoms with van der Waals surface area (Å²) in [5.74, 6) is 0.785. The molecule has 1 heterocycles. The van der Waals surface area contributed by atoms with Crippen LogP contribution in [0, 0.1) is 0 Å². The molecular formula is C15H18O3. The maximum atomic E-state index is 10.8. The fourth-order valence-corrected chi connectivity index (χ4v) is 2.05. The summed E-state index contributed by atoms with van der Waals surface area (Å²) in [4.78, 5) is 10.8. The number of hydrogen-bond donors (Lipinski definition) is 0. The topological polar surface area (TPSA) is 35.5 Å². The Morgan fingerprint density at radius 3 is 3.00 bits per heavy atom. The van der Waals surface area contributed by atoms with Crippen LogP contribution in [0.15, 0.2) is 30.9 Å². The van der Waals surface area contributed by atoms with E-state index in [0.717, 1.165) is 43.5 Å². The van der Waals surface area contributed by atoms with Crippen LogP contribution in [-0.4, -0.2) is 19.2 Å². The summed E-state index contributed by atoms with van der Waals surface area (Å²) in [6.45, 7) is 4.48. The lowest BCUT2D eigenvalue weighted by Gasteiger charge is -2.24. The van der Waals surface area contributed by atoms with Gasteiger partial charge in [0.05, 0.1) is 6.61 Å². The highest BCUT2D eigenvalue weighted by atomic mass is 16.7. The number of carbonyl (C=O) groups is 1. The fourth-order valence-electron chi connectivity index (χ4n) is 2.05. The molecule has 1 fully saturated rings. The second-order valence-corrected chi connectivity index (χ2v) is 4.39. The number of ether oxygens (including phenoxy) is 2.